The predicted octanol–water partition coefficient (Wildman–Crippen LogP) is 3.00. The van der Waals surface area contributed by atoms with Gasteiger partial charge in [0, 0.05) is 19.2 Å². The average molecular weight is 493 g/mol. The zero-order valence-corrected chi connectivity index (χ0v) is 21.0. The van der Waals surface area contributed by atoms with E-state index in [-0.39, 0.29) is 47.2 Å². The Morgan fingerprint density at radius 2 is 1.68 bits per heavy atom. The van der Waals surface area contributed by atoms with Crippen molar-refractivity contribution in [1.29, 1.82) is 0 Å². The second-order valence-corrected chi connectivity index (χ2v) is 10.1. The van der Waals surface area contributed by atoms with Crippen molar-refractivity contribution in [3.05, 3.63) is 47.5 Å². The number of sulfonamides is 1. The molecule has 1 aliphatic heterocycles. The van der Waals surface area contributed by atoms with E-state index in [0.29, 0.717) is 13.2 Å². The first-order chi connectivity index (χ1) is 16.2. The number of methoxy groups -OCH3 is 2. The summed E-state index contributed by atoms with van der Waals surface area (Å²) in [7, 11) is -1.05. The lowest BCUT2D eigenvalue weighted by molar-refractivity contribution is 0.0730. The van der Waals surface area contributed by atoms with E-state index in [9.17, 15) is 13.2 Å². The minimum Gasteiger partial charge on any atom is -0.493 e. The highest BCUT2D eigenvalue weighted by molar-refractivity contribution is 7.89. The fraction of sp³-hybridized carbons (Fsp3) is 0.458. The Bertz CT molecular complexity index is 1100. The molecule has 186 valence electrons. The monoisotopic (exact) mass is 492 g/mol. The summed E-state index contributed by atoms with van der Waals surface area (Å²) < 4.78 is 49.5. The second kappa shape index (κ2) is 11.1. The van der Waals surface area contributed by atoms with Crippen molar-refractivity contribution in [1.82, 2.24) is 9.62 Å². The van der Waals surface area contributed by atoms with Gasteiger partial charge in [-0.25, -0.2) is 8.42 Å². The summed E-state index contributed by atoms with van der Waals surface area (Å²) in [6.45, 7) is 6.86. The lowest BCUT2D eigenvalue weighted by Gasteiger charge is -2.26. The van der Waals surface area contributed by atoms with Crippen LogP contribution in [0, 0.1) is 0 Å². The van der Waals surface area contributed by atoms with Gasteiger partial charge in [-0.2, -0.15) is 4.31 Å². The number of amides is 1. The Morgan fingerprint density at radius 1 is 1.03 bits per heavy atom. The topological polar surface area (TPSA) is 103 Å². The molecule has 0 bridgehead atoms. The summed E-state index contributed by atoms with van der Waals surface area (Å²) in [5, 5.41) is 2.91. The number of carbonyl (C=O) groups is 1. The molecule has 0 radical (unpaired) electrons. The first kappa shape index (κ1) is 25.8. The Kier molecular flexibility index (Phi) is 8.40. The van der Waals surface area contributed by atoms with E-state index in [1.54, 1.807) is 0 Å². The highest BCUT2D eigenvalue weighted by Gasteiger charge is 2.30. The number of nitrogens with zero attached hydrogens (tertiary/aromatic N) is 1. The number of hydrogen-bond acceptors (Lipinski definition) is 7. The first-order valence-corrected chi connectivity index (χ1v) is 12.5. The van der Waals surface area contributed by atoms with Crippen LogP contribution in [0.2, 0.25) is 0 Å². The molecule has 2 aromatic carbocycles. The molecule has 3 rings (SSSR count). The summed E-state index contributed by atoms with van der Waals surface area (Å²) >= 11 is 0. The van der Waals surface area contributed by atoms with Crippen LogP contribution in [0.4, 0.5) is 0 Å². The summed E-state index contributed by atoms with van der Waals surface area (Å²) in [5.41, 5.74) is 0.938. The molecule has 1 aliphatic rings. The molecule has 0 saturated carbocycles. The third kappa shape index (κ3) is 5.81. The molecule has 34 heavy (non-hydrogen) atoms. The number of rotatable bonds is 9. The van der Waals surface area contributed by atoms with Gasteiger partial charge in [0.2, 0.25) is 10.0 Å². The maximum Gasteiger partial charge on any atom is 0.255 e. The number of carbonyl (C=O) groups excluding carboxylic acids is 1. The zero-order valence-electron chi connectivity index (χ0n) is 20.2. The lowest BCUT2D eigenvalue weighted by Crippen LogP contribution is -2.40. The molecular formula is C24H32N2O7S. The van der Waals surface area contributed by atoms with Crippen molar-refractivity contribution < 1.29 is 32.2 Å². The fourth-order valence-electron chi connectivity index (χ4n) is 3.66. The third-order valence-electron chi connectivity index (χ3n) is 5.40. The van der Waals surface area contributed by atoms with E-state index in [2.05, 4.69) is 5.32 Å². The van der Waals surface area contributed by atoms with Gasteiger partial charge >= 0.3 is 0 Å². The number of hydrogen-bond donors (Lipinski definition) is 1. The van der Waals surface area contributed by atoms with E-state index in [0.717, 1.165) is 11.3 Å². The smallest absolute Gasteiger partial charge is 0.255 e. The molecule has 0 aliphatic carbocycles. The normalized spacial score (nSPS) is 15.6. The second-order valence-electron chi connectivity index (χ2n) is 8.15. The average Bonchev–Trinajstić information content (AvgIpc) is 2.83. The van der Waals surface area contributed by atoms with Crippen molar-refractivity contribution >= 4 is 15.9 Å². The van der Waals surface area contributed by atoms with Gasteiger partial charge in [0.1, 0.15) is 5.75 Å². The van der Waals surface area contributed by atoms with Crippen LogP contribution in [0.1, 0.15) is 42.7 Å². The molecule has 1 atom stereocenters. The van der Waals surface area contributed by atoms with Crippen LogP contribution in [-0.4, -0.2) is 65.3 Å². The zero-order chi connectivity index (χ0) is 24.9. The van der Waals surface area contributed by atoms with Gasteiger partial charge in [-0.15, -0.1) is 0 Å². The van der Waals surface area contributed by atoms with Gasteiger partial charge in [-0.3, -0.25) is 4.79 Å². The van der Waals surface area contributed by atoms with Gasteiger partial charge in [-0.05, 0) is 44.5 Å². The Morgan fingerprint density at radius 3 is 2.24 bits per heavy atom. The molecule has 9 nitrogen and oxygen atoms in total. The van der Waals surface area contributed by atoms with Gasteiger partial charge in [0.15, 0.2) is 11.5 Å². The largest absolute Gasteiger partial charge is 0.493 e. The SMILES string of the molecule is COc1cc(S(=O)(=O)N2CCOCC2)cc(C(=O)NC(C)c2ccc(OC(C)C)cc2)c1OC. The molecule has 10 heteroatoms. The molecule has 1 fully saturated rings. The Labute approximate surface area is 201 Å². The summed E-state index contributed by atoms with van der Waals surface area (Å²) in [6.07, 6.45) is 0.0615. The van der Waals surface area contributed by atoms with Crippen LogP contribution in [0.3, 0.4) is 0 Å². The standard InChI is InChI=1S/C24H32N2O7S/c1-16(2)33-19-8-6-18(7-9-19)17(3)25-24(27)21-14-20(15-22(30-4)23(21)31-5)34(28,29)26-10-12-32-13-11-26/h6-9,14-17H,10-13H2,1-5H3,(H,25,27). The van der Waals surface area contributed by atoms with Crippen LogP contribution < -0.4 is 19.5 Å². The van der Waals surface area contributed by atoms with Gasteiger partial charge in [-0.1, -0.05) is 12.1 Å². The fourth-order valence-corrected chi connectivity index (χ4v) is 5.11. The van der Waals surface area contributed by atoms with E-state index in [1.165, 1.54) is 30.7 Å². The quantitative estimate of drug-likeness (QED) is 0.574. The van der Waals surface area contributed by atoms with Gasteiger partial charge in [0.25, 0.3) is 5.91 Å². The lowest BCUT2D eigenvalue weighted by atomic mass is 10.1. The molecule has 1 N–H and O–H groups in total. The van der Waals surface area contributed by atoms with Crippen LogP contribution in [0.25, 0.3) is 0 Å². The van der Waals surface area contributed by atoms with Crippen LogP contribution >= 0.6 is 0 Å². The number of ether oxygens (including phenoxy) is 4. The van der Waals surface area contributed by atoms with Gasteiger partial charge < -0.3 is 24.3 Å². The van der Waals surface area contributed by atoms with Crippen molar-refractivity contribution in [2.75, 3.05) is 40.5 Å². The minimum absolute atomic E-state index is 0.0416. The summed E-state index contributed by atoms with van der Waals surface area (Å²) in [5.74, 6) is 0.576. The van der Waals surface area contributed by atoms with Crippen LogP contribution in [0.15, 0.2) is 41.3 Å². The van der Waals surface area contributed by atoms with Crippen molar-refractivity contribution in [3.8, 4) is 17.2 Å². The van der Waals surface area contributed by atoms with E-state index in [4.69, 9.17) is 18.9 Å². The van der Waals surface area contributed by atoms with E-state index in [1.807, 2.05) is 45.0 Å². The van der Waals surface area contributed by atoms with Crippen LogP contribution in [-0.2, 0) is 14.8 Å². The molecular weight excluding hydrogens is 460 g/mol. The number of nitrogens with one attached hydrogen (secondary N) is 1. The molecule has 1 saturated heterocycles. The van der Waals surface area contributed by atoms with Crippen molar-refractivity contribution in [2.45, 2.75) is 37.8 Å². The van der Waals surface area contributed by atoms with Gasteiger partial charge in [0.05, 0.1) is 50.0 Å². The molecule has 1 unspecified atom stereocenters. The highest BCUT2D eigenvalue weighted by Crippen LogP contribution is 2.35. The summed E-state index contributed by atoms with van der Waals surface area (Å²) in [4.78, 5) is 13.2. The number of benzene rings is 2. The Balaban J connectivity index is 1.89. The minimum atomic E-state index is -3.85. The highest BCUT2D eigenvalue weighted by atomic mass is 32.2. The molecule has 0 spiro atoms. The van der Waals surface area contributed by atoms with E-state index >= 15 is 0 Å². The third-order valence-corrected chi connectivity index (χ3v) is 7.28. The molecule has 0 aromatic heterocycles. The molecule has 2 aromatic rings. The maximum atomic E-state index is 13.2. The van der Waals surface area contributed by atoms with Crippen molar-refractivity contribution in [2.24, 2.45) is 0 Å². The first-order valence-electron chi connectivity index (χ1n) is 11.1. The summed E-state index contributed by atoms with van der Waals surface area (Å²) in [6, 6.07) is 9.79. The Hall–Kier alpha value is -2.82. The molecule has 1 amide bonds. The predicted molar refractivity (Wildman–Crippen MR) is 127 cm³/mol. The maximum absolute atomic E-state index is 13.2. The van der Waals surface area contributed by atoms with Crippen molar-refractivity contribution in [3.63, 3.8) is 0 Å². The molecule has 1 heterocycles. The number of morpholine rings is 1. The van der Waals surface area contributed by atoms with E-state index < -0.39 is 15.9 Å². The van der Waals surface area contributed by atoms with Crippen LogP contribution in [0.5, 0.6) is 17.2 Å².